The second-order valence-corrected chi connectivity index (χ2v) is 11.3. The van der Waals surface area contributed by atoms with Crippen LogP contribution in [0.3, 0.4) is 0 Å². The van der Waals surface area contributed by atoms with Crippen molar-refractivity contribution in [3.8, 4) is 5.88 Å². The van der Waals surface area contributed by atoms with Crippen molar-refractivity contribution in [1.29, 1.82) is 0 Å². The summed E-state index contributed by atoms with van der Waals surface area (Å²) in [6, 6.07) is 9.33. The van der Waals surface area contributed by atoms with Gasteiger partial charge in [-0.15, -0.1) is 0 Å². The van der Waals surface area contributed by atoms with E-state index in [0.29, 0.717) is 34.6 Å². The monoisotopic (exact) mass is 534 g/mol. The smallest absolute Gasteiger partial charge is 0.280 e. The number of oxime groups is 1. The number of anilines is 1. The quantitative estimate of drug-likeness (QED) is 0.264. The summed E-state index contributed by atoms with van der Waals surface area (Å²) in [5.74, 6) is -0.254. The molecule has 0 aliphatic heterocycles. The molecule has 2 heterocycles. The number of aliphatic hydroxyl groups is 1. The van der Waals surface area contributed by atoms with Gasteiger partial charge in [-0.3, -0.25) is 10.1 Å². The number of aromatic nitrogens is 2. The SMILES string of the molecule is COC[C@@H](C)O/N=C(/C(=O)Nc1nc2ccc(OCCO)nc2s1)c1ccc(S(=O)(=O)C2CC2)cc1. The highest BCUT2D eigenvalue weighted by molar-refractivity contribution is 7.92. The van der Waals surface area contributed by atoms with Gasteiger partial charge in [0.2, 0.25) is 5.88 Å². The molecule has 4 rings (SSSR count). The van der Waals surface area contributed by atoms with Gasteiger partial charge in [0.1, 0.15) is 23.1 Å². The zero-order valence-electron chi connectivity index (χ0n) is 19.7. The Hall–Kier alpha value is -3.13. The molecule has 0 saturated heterocycles. The number of pyridine rings is 1. The lowest BCUT2D eigenvalue weighted by atomic mass is 10.1. The van der Waals surface area contributed by atoms with E-state index in [-0.39, 0.29) is 40.8 Å². The van der Waals surface area contributed by atoms with Crippen LogP contribution in [0.2, 0.25) is 0 Å². The number of carbonyl (C=O) groups is 1. The van der Waals surface area contributed by atoms with Gasteiger partial charge in [-0.2, -0.15) is 0 Å². The predicted octanol–water partition coefficient (Wildman–Crippen LogP) is 2.39. The molecule has 1 aliphatic rings. The summed E-state index contributed by atoms with van der Waals surface area (Å²) >= 11 is 1.14. The van der Waals surface area contributed by atoms with Gasteiger partial charge in [-0.25, -0.2) is 18.4 Å². The third-order valence-corrected chi connectivity index (χ3v) is 8.31. The fourth-order valence-corrected chi connectivity index (χ4v) is 5.73. The molecule has 1 amide bonds. The number of fused-ring (bicyclic) bond motifs is 1. The molecule has 0 radical (unpaired) electrons. The third-order valence-electron chi connectivity index (χ3n) is 5.15. The summed E-state index contributed by atoms with van der Waals surface area (Å²) in [6.07, 6.45) is 0.906. The normalized spacial score (nSPS) is 15.0. The number of hydrogen-bond acceptors (Lipinski definition) is 11. The van der Waals surface area contributed by atoms with Crippen molar-refractivity contribution in [2.45, 2.75) is 36.0 Å². The van der Waals surface area contributed by atoms with Crippen LogP contribution in [0.4, 0.5) is 5.13 Å². The maximum absolute atomic E-state index is 13.2. The van der Waals surface area contributed by atoms with E-state index >= 15 is 0 Å². The van der Waals surface area contributed by atoms with Gasteiger partial charge >= 0.3 is 0 Å². The van der Waals surface area contributed by atoms with Crippen molar-refractivity contribution in [3.63, 3.8) is 0 Å². The molecule has 1 aliphatic carbocycles. The number of methoxy groups -OCH3 is 1. The molecule has 0 unspecified atom stereocenters. The molecular formula is C23H26N4O7S2. The molecule has 2 aromatic heterocycles. The molecule has 0 bridgehead atoms. The minimum Gasteiger partial charge on any atom is -0.475 e. The summed E-state index contributed by atoms with van der Waals surface area (Å²) in [6.45, 7) is 1.98. The standard InChI is InChI=1S/C23H26N4O7S2/c1-14(13-32-2)34-27-20(15-3-5-16(6-4-15)36(30,31)17-7-8-17)21(29)26-23-24-18-9-10-19(33-12-11-28)25-22(18)35-23/h3-6,9-10,14,17,28H,7-8,11-13H2,1-2H3,(H,24,26,29)/b27-20+/t14-/m1/s1. The van der Waals surface area contributed by atoms with Crippen LogP contribution in [0, 0.1) is 0 Å². The Balaban J connectivity index is 1.57. The van der Waals surface area contributed by atoms with E-state index in [4.69, 9.17) is 19.4 Å². The van der Waals surface area contributed by atoms with Crippen molar-refractivity contribution in [2.24, 2.45) is 5.16 Å². The Labute approximate surface area is 212 Å². The number of rotatable bonds is 12. The number of benzene rings is 1. The van der Waals surface area contributed by atoms with E-state index in [0.717, 1.165) is 11.3 Å². The minimum atomic E-state index is -3.36. The van der Waals surface area contributed by atoms with Gasteiger partial charge in [-0.1, -0.05) is 28.6 Å². The number of sulfone groups is 1. The fourth-order valence-electron chi connectivity index (χ4n) is 3.25. The van der Waals surface area contributed by atoms with Crippen LogP contribution in [-0.2, 0) is 24.2 Å². The molecule has 1 fully saturated rings. The molecular weight excluding hydrogens is 508 g/mol. The number of hydrogen-bond donors (Lipinski definition) is 2. The molecule has 1 saturated carbocycles. The number of nitrogens with zero attached hydrogens (tertiary/aromatic N) is 3. The van der Waals surface area contributed by atoms with Gasteiger partial charge in [0.25, 0.3) is 5.91 Å². The van der Waals surface area contributed by atoms with Gasteiger partial charge in [0, 0.05) is 18.7 Å². The van der Waals surface area contributed by atoms with Crippen molar-refractivity contribution >= 4 is 48.3 Å². The van der Waals surface area contributed by atoms with E-state index in [2.05, 4.69) is 20.4 Å². The van der Waals surface area contributed by atoms with Crippen LogP contribution in [0.5, 0.6) is 5.88 Å². The summed E-state index contributed by atoms with van der Waals surface area (Å²) in [5, 5.41) is 15.6. The molecule has 36 heavy (non-hydrogen) atoms. The molecule has 192 valence electrons. The number of ether oxygens (including phenoxy) is 2. The topological polar surface area (TPSA) is 149 Å². The molecule has 0 spiro atoms. The van der Waals surface area contributed by atoms with Crippen molar-refractivity contribution < 1.29 is 32.6 Å². The first-order chi connectivity index (χ1) is 17.3. The number of carbonyl (C=O) groups excluding carboxylic acids is 1. The first kappa shape index (κ1) is 25.9. The zero-order chi connectivity index (χ0) is 25.7. The van der Waals surface area contributed by atoms with Crippen molar-refractivity contribution in [2.75, 3.05) is 32.2 Å². The number of nitrogens with one attached hydrogen (secondary N) is 1. The van der Waals surface area contributed by atoms with E-state index in [1.54, 1.807) is 19.1 Å². The van der Waals surface area contributed by atoms with E-state index in [9.17, 15) is 13.2 Å². The Bertz CT molecular complexity index is 1350. The molecule has 11 nitrogen and oxygen atoms in total. The molecule has 1 atom stereocenters. The number of thiazole rings is 1. The minimum absolute atomic E-state index is 0.0486. The lowest BCUT2D eigenvalue weighted by Gasteiger charge is -2.11. The van der Waals surface area contributed by atoms with Crippen LogP contribution in [0.15, 0.2) is 46.4 Å². The van der Waals surface area contributed by atoms with Crippen LogP contribution in [0.1, 0.15) is 25.3 Å². The molecule has 3 aromatic rings. The van der Waals surface area contributed by atoms with Crippen LogP contribution in [-0.4, -0.2) is 73.4 Å². The Kier molecular flexibility index (Phi) is 8.14. The Morgan fingerprint density at radius 3 is 2.64 bits per heavy atom. The highest BCUT2D eigenvalue weighted by atomic mass is 32.2. The van der Waals surface area contributed by atoms with Gasteiger partial charge in [0.15, 0.2) is 20.7 Å². The maximum atomic E-state index is 13.2. The lowest BCUT2D eigenvalue weighted by Crippen LogP contribution is -2.25. The highest BCUT2D eigenvalue weighted by Gasteiger charge is 2.36. The third kappa shape index (κ3) is 6.16. The van der Waals surface area contributed by atoms with Crippen LogP contribution in [0.25, 0.3) is 10.3 Å². The summed E-state index contributed by atoms with van der Waals surface area (Å²) in [7, 11) is -1.84. The highest BCUT2D eigenvalue weighted by Crippen LogP contribution is 2.33. The van der Waals surface area contributed by atoms with Gasteiger partial charge in [-0.05, 0) is 38.0 Å². The van der Waals surface area contributed by atoms with Crippen molar-refractivity contribution in [1.82, 2.24) is 9.97 Å². The predicted molar refractivity (Wildman–Crippen MR) is 134 cm³/mol. The summed E-state index contributed by atoms with van der Waals surface area (Å²) in [5.41, 5.74) is 0.892. The number of amides is 1. The fraction of sp³-hybridized carbons (Fsp3) is 0.391. The average molecular weight is 535 g/mol. The van der Waals surface area contributed by atoms with Gasteiger partial charge < -0.3 is 19.4 Å². The van der Waals surface area contributed by atoms with E-state index < -0.39 is 21.8 Å². The Morgan fingerprint density at radius 1 is 1.22 bits per heavy atom. The lowest BCUT2D eigenvalue weighted by molar-refractivity contribution is -0.110. The first-order valence-electron chi connectivity index (χ1n) is 11.2. The molecule has 2 N–H and O–H groups in total. The van der Waals surface area contributed by atoms with Crippen LogP contribution >= 0.6 is 11.3 Å². The summed E-state index contributed by atoms with van der Waals surface area (Å²) in [4.78, 5) is 28.1. The molecule has 13 heteroatoms. The average Bonchev–Trinajstić information content (AvgIpc) is 3.65. The zero-order valence-corrected chi connectivity index (χ0v) is 21.3. The first-order valence-corrected chi connectivity index (χ1v) is 13.6. The molecule has 1 aromatic carbocycles. The second-order valence-electron chi connectivity index (χ2n) is 8.10. The van der Waals surface area contributed by atoms with Crippen LogP contribution < -0.4 is 10.1 Å². The summed E-state index contributed by atoms with van der Waals surface area (Å²) < 4.78 is 35.4. The van der Waals surface area contributed by atoms with Crippen molar-refractivity contribution in [3.05, 3.63) is 42.0 Å². The van der Waals surface area contributed by atoms with Gasteiger partial charge in [0.05, 0.1) is 23.4 Å². The van der Waals surface area contributed by atoms with E-state index in [1.165, 1.54) is 31.4 Å². The maximum Gasteiger partial charge on any atom is 0.280 e. The Morgan fingerprint density at radius 2 is 1.97 bits per heavy atom. The second kappa shape index (κ2) is 11.3. The largest absolute Gasteiger partial charge is 0.475 e. The van der Waals surface area contributed by atoms with E-state index in [1.807, 2.05) is 0 Å². The number of aliphatic hydroxyl groups excluding tert-OH is 1.